The summed E-state index contributed by atoms with van der Waals surface area (Å²) in [6.45, 7) is 3.69. The third-order valence-electron chi connectivity index (χ3n) is 3.28. The smallest absolute Gasteiger partial charge is 0.0839 e. The molecule has 1 aliphatic heterocycles. The Morgan fingerprint density at radius 2 is 2.22 bits per heavy atom. The van der Waals surface area contributed by atoms with E-state index in [0.717, 1.165) is 25.2 Å². The monoisotopic (exact) mass is 245 g/mol. The van der Waals surface area contributed by atoms with Gasteiger partial charge in [-0.15, -0.1) is 0 Å². The van der Waals surface area contributed by atoms with Crippen molar-refractivity contribution in [3.8, 4) is 6.07 Å². The molecule has 1 heterocycles. The van der Waals surface area contributed by atoms with Crippen molar-refractivity contribution in [1.29, 1.82) is 5.26 Å². The van der Waals surface area contributed by atoms with E-state index in [1.807, 2.05) is 30.3 Å². The Kier molecular flexibility index (Phi) is 4.71. The molecule has 0 amide bonds. The van der Waals surface area contributed by atoms with Crippen LogP contribution in [0.4, 0.5) is 0 Å². The van der Waals surface area contributed by atoms with E-state index in [1.165, 1.54) is 0 Å². The third-order valence-corrected chi connectivity index (χ3v) is 3.28. The molecule has 1 aliphatic rings. The molecule has 0 bridgehead atoms. The van der Waals surface area contributed by atoms with Crippen LogP contribution in [-0.2, 0) is 4.74 Å². The van der Waals surface area contributed by atoms with Crippen LogP contribution in [0.25, 0.3) is 0 Å². The van der Waals surface area contributed by atoms with Gasteiger partial charge in [0, 0.05) is 26.2 Å². The van der Waals surface area contributed by atoms with Crippen molar-refractivity contribution >= 4 is 0 Å². The third kappa shape index (κ3) is 3.30. The summed E-state index contributed by atoms with van der Waals surface area (Å²) in [6.07, 6.45) is 0.105. The highest BCUT2D eigenvalue weighted by Crippen LogP contribution is 2.17. The Morgan fingerprint density at radius 1 is 1.44 bits per heavy atom. The van der Waals surface area contributed by atoms with Crippen molar-refractivity contribution in [3.05, 3.63) is 35.9 Å². The first-order chi connectivity index (χ1) is 8.83. The van der Waals surface area contributed by atoms with Crippen LogP contribution in [0.2, 0.25) is 0 Å². The number of ether oxygens (including phenoxy) is 1. The average Bonchev–Trinajstić information content (AvgIpc) is 2.46. The fourth-order valence-corrected chi connectivity index (χ4v) is 2.25. The summed E-state index contributed by atoms with van der Waals surface area (Å²) in [4.78, 5) is 2.27. The molecule has 2 N–H and O–H groups in total. The van der Waals surface area contributed by atoms with Crippen LogP contribution in [0.15, 0.2) is 30.3 Å². The molecule has 0 aliphatic carbocycles. The van der Waals surface area contributed by atoms with E-state index in [0.29, 0.717) is 13.2 Å². The molecular weight excluding hydrogens is 226 g/mol. The first kappa shape index (κ1) is 13.0. The number of benzene rings is 1. The molecular formula is C14H19N3O. The van der Waals surface area contributed by atoms with Gasteiger partial charge >= 0.3 is 0 Å². The van der Waals surface area contributed by atoms with Crippen molar-refractivity contribution in [2.24, 2.45) is 5.73 Å². The molecule has 0 spiro atoms. The van der Waals surface area contributed by atoms with Gasteiger partial charge in [-0.3, -0.25) is 4.90 Å². The predicted molar refractivity (Wildman–Crippen MR) is 70.0 cm³/mol. The van der Waals surface area contributed by atoms with Crippen LogP contribution < -0.4 is 5.73 Å². The van der Waals surface area contributed by atoms with Gasteiger partial charge < -0.3 is 10.5 Å². The van der Waals surface area contributed by atoms with Crippen molar-refractivity contribution in [3.63, 3.8) is 0 Å². The fraction of sp³-hybridized carbons (Fsp3) is 0.500. The zero-order valence-corrected chi connectivity index (χ0v) is 10.5. The lowest BCUT2D eigenvalue weighted by Gasteiger charge is -2.33. The van der Waals surface area contributed by atoms with E-state index in [9.17, 15) is 5.26 Å². The summed E-state index contributed by atoms with van der Waals surface area (Å²) in [7, 11) is 0. The lowest BCUT2D eigenvalue weighted by atomic mass is 10.00. The van der Waals surface area contributed by atoms with Crippen LogP contribution in [-0.4, -0.2) is 43.8 Å². The minimum Gasteiger partial charge on any atom is -0.374 e. The summed E-state index contributed by atoms with van der Waals surface area (Å²) >= 11 is 0. The molecule has 18 heavy (non-hydrogen) atoms. The predicted octanol–water partition coefficient (Wildman–Crippen LogP) is 0.953. The second-order valence-electron chi connectivity index (χ2n) is 4.58. The van der Waals surface area contributed by atoms with Crippen molar-refractivity contribution in [2.75, 3.05) is 32.8 Å². The Balaban J connectivity index is 1.97. The molecule has 0 saturated carbocycles. The number of hydrogen-bond acceptors (Lipinski definition) is 4. The van der Waals surface area contributed by atoms with Crippen LogP contribution in [0.5, 0.6) is 0 Å². The van der Waals surface area contributed by atoms with Crippen molar-refractivity contribution < 1.29 is 4.74 Å². The Hall–Kier alpha value is -1.41. The average molecular weight is 245 g/mol. The maximum absolute atomic E-state index is 9.30. The fourth-order valence-electron chi connectivity index (χ4n) is 2.25. The maximum atomic E-state index is 9.30. The molecule has 1 saturated heterocycles. The highest BCUT2D eigenvalue weighted by molar-refractivity contribution is 5.25. The van der Waals surface area contributed by atoms with Crippen LogP contribution >= 0.6 is 0 Å². The molecule has 1 aromatic rings. The van der Waals surface area contributed by atoms with Crippen LogP contribution in [0.1, 0.15) is 11.5 Å². The van der Waals surface area contributed by atoms with E-state index < -0.39 is 0 Å². The normalized spacial score (nSPS) is 22.3. The summed E-state index contributed by atoms with van der Waals surface area (Å²) < 4.78 is 5.53. The molecule has 2 rings (SSSR count). The Labute approximate surface area is 108 Å². The van der Waals surface area contributed by atoms with Gasteiger partial charge in [-0.25, -0.2) is 0 Å². The van der Waals surface area contributed by atoms with Gasteiger partial charge in [0.05, 0.1) is 24.7 Å². The molecule has 1 aromatic carbocycles. The zero-order chi connectivity index (χ0) is 12.8. The standard InChI is InChI=1S/C14H19N3O/c15-8-13(12-4-2-1-3-5-12)10-17-6-7-18-14(9-16)11-17/h1-5,13-14H,6-7,9-11,16H2. The van der Waals surface area contributed by atoms with Crippen LogP contribution in [0, 0.1) is 11.3 Å². The maximum Gasteiger partial charge on any atom is 0.0839 e. The van der Waals surface area contributed by atoms with Gasteiger partial charge in [-0.2, -0.15) is 5.26 Å². The molecule has 96 valence electrons. The van der Waals surface area contributed by atoms with E-state index in [4.69, 9.17) is 10.5 Å². The van der Waals surface area contributed by atoms with Gasteiger partial charge in [0.25, 0.3) is 0 Å². The largest absolute Gasteiger partial charge is 0.374 e. The second-order valence-corrected chi connectivity index (χ2v) is 4.58. The van der Waals surface area contributed by atoms with Gasteiger partial charge in [-0.05, 0) is 5.56 Å². The highest BCUT2D eigenvalue weighted by Gasteiger charge is 2.22. The van der Waals surface area contributed by atoms with Crippen LogP contribution in [0.3, 0.4) is 0 Å². The number of nitriles is 1. The van der Waals surface area contributed by atoms with E-state index in [1.54, 1.807) is 0 Å². The Bertz CT molecular complexity index is 401. The summed E-state index contributed by atoms with van der Waals surface area (Å²) in [5, 5.41) is 9.30. The van der Waals surface area contributed by atoms with Gasteiger partial charge in [0.15, 0.2) is 0 Å². The quantitative estimate of drug-likeness (QED) is 0.858. The van der Waals surface area contributed by atoms with Crippen molar-refractivity contribution in [2.45, 2.75) is 12.0 Å². The minimum atomic E-state index is -0.0808. The number of morpholine rings is 1. The molecule has 2 unspecified atom stereocenters. The first-order valence-electron chi connectivity index (χ1n) is 6.32. The summed E-state index contributed by atoms with van der Waals surface area (Å²) in [6, 6.07) is 12.3. The molecule has 0 aromatic heterocycles. The van der Waals surface area contributed by atoms with E-state index >= 15 is 0 Å². The second kappa shape index (κ2) is 6.50. The topological polar surface area (TPSA) is 62.3 Å². The number of nitrogens with zero attached hydrogens (tertiary/aromatic N) is 2. The minimum absolute atomic E-state index is 0.0808. The van der Waals surface area contributed by atoms with E-state index in [2.05, 4.69) is 11.0 Å². The number of rotatable bonds is 4. The highest BCUT2D eigenvalue weighted by atomic mass is 16.5. The van der Waals surface area contributed by atoms with Gasteiger partial charge in [-0.1, -0.05) is 30.3 Å². The molecule has 4 nitrogen and oxygen atoms in total. The van der Waals surface area contributed by atoms with Gasteiger partial charge in [0.1, 0.15) is 0 Å². The molecule has 0 radical (unpaired) electrons. The summed E-state index contributed by atoms with van der Waals surface area (Å²) in [5.41, 5.74) is 6.70. The molecule has 4 heteroatoms. The number of nitrogens with two attached hydrogens (primary N) is 1. The SMILES string of the molecule is N#CC(CN1CCOC(CN)C1)c1ccccc1. The van der Waals surface area contributed by atoms with Gasteiger partial charge in [0.2, 0.25) is 0 Å². The first-order valence-corrected chi connectivity index (χ1v) is 6.32. The summed E-state index contributed by atoms with van der Waals surface area (Å²) in [5.74, 6) is -0.0808. The Morgan fingerprint density at radius 3 is 2.89 bits per heavy atom. The number of hydrogen-bond donors (Lipinski definition) is 1. The van der Waals surface area contributed by atoms with E-state index in [-0.39, 0.29) is 12.0 Å². The lowest BCUT2D eigenvalue weighted by molar-refractivity contribution is -0.0236. The molecule has 1 fully saturated rings. The van der Waals surface area contributed by atoms with Crippen molar-refractivity contribution in [1.82, 2.24) is 4.90 Å². The zero-order valence-electron chi connectivity index (χ0n) is 10.5. The lowest BCUT2D eigenvalue weighted by Crippen LogP contribution is -2.46. The molecule has 2 atom stereocenters.